The zero-order valence-electron chi connectivity index (χ0n) is 33.3. The number of aliphatic carboxylic acids is 1. The molecule has 0 aromatic rings. The van der Waals surface area contributed by atoms with Crippen molar-refractivity contribution in [1.29, 1.82) is 0 Å². The van der Waals surface area contributed by atoms with Gasteiger partial charge in [-0.15, -0.1) is 0 Å². The van der Waals surface area contributed by atoms with E-state index in [1.54, 1.807) is 6.92 Å². The Kier molecular flexibility index (Phi) is 21.6. The van der Waals surface area contributed by atoms with E-state index in [-0.39, 0.29) is 68.7 Å². The number of nitrogens with zero attached hydrogens (tertiary/aromatic N) is 3. The number of unbranched alkanes of at least 4 members (excludes halogenated alkanes) is 2. The van der Waals surface area contributed by atoms with Gasteiger partial charge in [0.2, 0.25) is 29.5 Å². The third kappa shape index (κ3) is 16.7. The number of hydrogen-bond donors (Lipinski definition) is 12. The minimum atomic E-state index is -1.23. The molecular weight excluding hydrogens is 740 g/mol. The second-order valence-corrected chi connectivity index (χ2v) is 14.9. The number of carbonyl (C=O) groups excluding carboxylic acids is 5. The summed E-state index contributed by atoms with van der Waals surface area (Å²) in [5.74, 6) is -3.91. The fourth-order valence-corrected chi connectivity index (χ4v) is 7.28. The highest BCUT2D eigenvalue weighted by Gasteiger charge is 2.49. The van der Waals surface area contributed by atoms with Gasteiger partial charge in [-0.25, -0.2) is 4.79 Å². The molecule has 1 aliphatic heterocycles. The van der Waals surface area contributed by atoms with Gasteiger partial charge in [0.05, 0.1) is 12.1 Å². The van der Waals surface area contributed by atoms with Crippen molar-refractivity contribution in [3.8, 4) is 0 Å². The number of amides is 5. The molecule has 0 radical (unpaired) electrons. The van der Waals surface area contributed by atoms with Gasteiger partial charge in [0.25, 0.3) is 0 Å². The minimum Gasteiger partial charge on any atom is -0.480 e. The molecule has 0 bridgehead atoms. The molecule has 0 aromatic carbocycles. The summed E-state index contributed by atoms with van der Waals surface area (Å²) in [5, 5.41) is 20.8. The van der Waals surface area contributed by atoms with Gasteiger partial charge in [-0.2, -0.15) is 0 Å². The Labute approximate surface area is 334 Å². The molecule has 1 heterocycles. The Hall–Kier alpha value is -4.76. The molecule has 21 nitrogen and oxygen atoms in total. The van der Waals surface area contributed by atoms with E-state index in [2.05, 4.69) is 31.3 Å². The number of fused-ring (bicyclic) bond motifs is 1. The first-order valence-corrected chi connectivity index (χ1v) is 20.2. The third-order valence-corrected chi connectivity index (χ3v) is 10.5. The maximum atomic E-state index is 14.4. The van der Waals surface area contributed by atoms with E-state index in [0.717, 1.165) is 19.3 Å². The van der Waals surface area contributed by atoms with Crippen LogP contribution in [0, 0.1) is 5.92 Å². The molecule has 21 heteroatoms. The van der Waals surface area contributed by atoms with E-state index in [1.807, 2.05) is 0 Å². The number of likely N-dealkylation sites (tertiary alicyclic amines) is 1. The largest absolute Gasteiger partial charge is 0.480 e. The summed E-state index contributed by atoms with van der Waals surface area (Å²) in [6, 6.07) is -6.25. The average molecular weight is 809 g/mol. The minimum absolute atomic E-state index is 0.00592. The molecule has 1 saturated heterocycles. The second-order valence-electron chi connectivity index (χ2n) is 14.9. The number of aliphatic imine (C=N–C) groups is 2. The van der Waals surface area contributed by atoms with Crippen LogP contribution in [-0.2, 0) is 28.8 Å². The molecule has 2 unspecified atom stereocenters. The molecule has 2 aliphatic rings. The van der Waals surface area contributed by atoms with Crippen molar-refractivity contribution in [2.75, 3.05) is 26.2 Å². The maximum absolute atomic E-state index is 14.4. The van der Waals surface area contributed by atoms with Gasteiger partial charge in [-0.1, -0.05) is 19.8 Å². The average Bonchev–Trinajstić information content (AvgIpc) is 3.56. The van der Waals surface area contributed by atoms with Gasteiger partial charge in [0, 0.05) is 25.7 Å². The summed E-state index contributed by atoms with van der Waals surface area (Å²) in [7, 11) is 0. The lowest BCUT2D eigenvalue weighted by molar-refractivity contribution is -0.146. The summed E-state index contributed by atoms with van der Waals surface area (Å²) in [6.07, 6.45) is 7.15. The first-order valence-electron chi connectivity index (χ1n) is 20.2. The van der Waals surface area contributed by atoms with Crippen molar-refractivity contribution in [2.45, 2.75) is 146 Å². The van der Waals surface area contributed by atoms with Crippen LogP contribution in [0.2, 0.25) is 0 Å². The van der Waals surface area contributed by atoms with Crippen LogP contribution in [0.3, 0.4) is 0 Å². The number of nitrogens with one attached hydrogen (secondary N) is 4. The lowest BCUT2D eigenvalue weighted by Gasteiger charge is -2.36. The van der Waals surface area contributed by atoms with Gasteiger partial charge in [0.15, 0.2) is 11.9 Å². The van der Waals surface area contributed by atoms with Crippen molar-refractivity contribution in [1.82, 2.24) is 26.2 Å². The molecule has 0 aromatic heterocycles. The van der Waals surface area contributed by atoms with E-state index in [1.165, 1.54) is 4.90 Å². The van der Waals surface area contributed by atoms with Crippen molar-refractivity contribution in [3.63, 3.8) is 0 Å². The van der Waals surface area contributed by atoms with E-state index in [0.29, 0.717) is 64.3 Å². The summed E-state index contributed by atoms with van der Waals surface area (Å²) >= 11 is 0. The summed E-state index contributed by atoms with van der Waals surface area (Å²) in [4.78, 5) is 88.8. The number of carboxylic acid groups (broad SMARTS) is 1. The monoisotopic (exact) mass is 809 g/mol. The van der Waals surface area contributed by atoms with Crippen LogP contribution in [0.1, 0.15) is 103 Å². The maximum Gasteiger partial charge on any atom is 0.326 e. The van der Waals surface area contributed by atoms with Crippen LogP contribution in [0.15, 0.2) is 9.98 Å². The Morgan fingerprint density at radius 2 is 1.33 bits per heavy atom. The van der Waals surface area contributed by atoms with Crippen molar-refractivity contribution < 1.29 is 33.9 Å². The highest BCUT2D eigenvalue weighted by molar-refractivity contribution is 5.96. The first kappa shape index (κ1) is 48.4. The van der Waals surface area contributed by atoms with Gasteiger partial charge < -0.3 is 71.4 Å². The van der Waals surface area contributed by atoms with Crippen molar-refractivity contribution >= 4 is 47.4 Å². The molecule has 1 saturated carbocycles. The number of rotatable bonds is 26. The van der Waals surface area contributed by atoms with Gasteiger partial charge in [0.1, 0.15) is 24.2 Å². The SMILES string of the molecule is CC[C@H](N)C(=O)N[C@@H](CCCCNC(=O)[C@@H](N)CCCCN=C(N)N)C(=O)N[C@@H](CCN)C(=O)N1C2CCCCC2C[C@H]1C(=O)N[C@@H](CCCN=C(N)N)C(=O)O. The van der Waals surface area contributed by atoms with Crippen molar-refractivity contribution in [3.05, 3.63) is 0 Å². The number of nitrogens with two attached hydrogens (primary N) is 7. The molecule has 57 heavy (non-hydrogen) atoms. The van der Waals surface area contributed by atoms with Crippen LogP contribution in [0.25, 0.3) is 0 Å². The third-order valence-electron chi connectivity index (χ3n) is 10.5. The molecule has 2 fully saturated rings. The van der Waals surface area contributed by atoms with Crippen LogP contribution in [-0.4, -0.2) is 126 Å². The molecule has 0 spiro atoms. The first-order chi connectivity index (χ1) is 27.1. The number of carbonyl (C=O) groups is 6. The predicted molar refractivity (Wildman–Crippen MR) is 216 cm³/mol. The van der Waals surface area contributed by atoms with Crippen LogP contribution in [0.5, 0.6) is 0 Å². The fraction of sp³-hybridized carbons (Fsp3) is 0.778. The van der Waals surface area contributed by atoms with E-state index < -0.39 is 65.8 Å². The van der Waals surface area contributed by atoms with E-state index >= 15 is 0 Å². The van der Waals surface area contributed by atoms with E-state index in [4.69, 9.17) is 40.1 Å². The zero-order chi connectivity index (χ0) is 42.5. The number of hydrogen-bond acceptors (Lipinski definition) is 11. The molecule has 2 rings (SSSR count). The lowest BCUT2D eigenvalue weighted by Crippen LogP contribution is -2.60. The molecule has 324 valence electrons. The lowest BCUT2D eigenvalue weighted by atomic mass is 9.84. The Bertz CT molecular complexity index is 1390. The van der Waals surface area contributed by atoms with Gasteiger partial charge in [-0.3, -0.25) is 34.0 Å². The standard InChI is InChI=1S/C36H68N14O7/c1-2-22(38)30(52)47-24(12-6-8-17-44-29(51)23(39)11-5-7-18-45-35(40)41)31(53)48-25(15-16-37)33(55)50-27-14-4-3-10-21(27)20-28(50)32(54)49-26(34(56)57)13-9-19-46-36(42)43/h21-28H,2-20,37-39H2,1H3,(H,44,51)(H,47,52)(H,48,53)(H,49,54)(H,56,57)(H4,40,41,45)(H4,42,43,46)/t21?,22-,23-,24-,25-,26-,27?,28-/m0/s1. The van der Waals surface area contributed by atoms with E-state index in [9.17, 15) is 33.9 Å². The highest BCUT2D eigenvalue weighted by atomic mass is 16.4. The Morgan fingerprint density at radius 1 is 0.719 bits per heavy atom. The second kappa shape index (κ2) is 25.5. The molecule has 1 aliphatic carbocycles. The van der Waals surface area contributed by atoms with Crippen LogP contribution >= 0.6 is 0 Å². The normalized spacial score (nSPS) is 20.1. The molecule has 19 N–H and O–H groups in total. The molecular formula is C36H68N14O7. The number of guanidine groups is 2. The fourth-order valence-electron chi connectivity index (χ4n) is 7.28. The zero-order valence-corrected chi connectivity index (χ0v) is 33.3. The summed E-state index contributed by atoms with van der Waals surface area (Å²) in [5.41, 5.74) is 39.3. The number of carboxylic acids is 1. The van der Waals surface area contributed by atoms with Crippen LogP contribution in [0.4, 0.5) is 0 Å². The highest BCUT2D eigenvalue weighted by Crippen LogP contribution is 2.40. The quantitative estimate of drug-likeness (QED) is 0.0234. The Morgan fingerprint density at radius 3 is 1.96 bits per heavy atom. The Balaban J connectivity index is 2.15. The smallest absolute Gasteiger partial charge is 0.326 e. The summed E-state index contributed by atoms with van der Waals surface area (Å²) in [6.45, 7) is 2.68. The van der Waals surface area contributed by atoms with Gasteiger partial charge >= 0.3 is 5.97 Å². The van der Waals surface area contributed by atoms with Crippen molar-refractivity contribution in [2.24, 2.45) is 56.0 Å². The molecule has 8 atom stereocenters. The topological polar surface area (TPSA) is 381 Å². The summed E-state index contributed by atoms with van der Waals surface area (Å²) < 4.78 is 0. The van der Waals surface area contributed by atoms with Gasteiger partial charge in [-0.05, 0) is 95.9 Å². The molecule has 5 amide bonds. The van der Waals surface area contributed by atoms with Crippen LogP contribution < -0.4 is 61.4 Å². The predicted octanol–water partition coefficient (Wildman–Crippen LogP) is -3.12.